The number of thioether (sulfide) groups is 1. The lowest BCUT2D eigenvalue weighted by atomic mass is 9.91. The van der Waals surface area contributed by atoms with Gasteiger partial charge in [-0.05, 0) is 32.4 Å². The molecule has 1 saturated heterocycles. The molecule has 0 saturated carbocycles. The fraction of sp³-hybridized carbons (Fsp3) is 0.600. The first-order chi connectivity index (χ1) is 12.4. The van der Waals surface area contributed by atoms with Gasteiger partial charge in [0.2, 0.25) is 0 Å². The summed E-state index contributed by atoms with van der Waals surface area (Å²) < 4.78 is 10.5. The number of esters is 1. The molecule has 1 fully saturated rings. The molecule has 0 atom stereocenters. The molecule has 0 amide bonds. The SMILES string of the molecule is CCCC(=O)OCCSc1ccc(C(=O)C(C)(C)N2CCOCC2)cc1. The van der Waals surface area contributed by atoms with Crippen LogP contribution in [0.25, 0.3) is 0 Å². The third kappa shape index (κ3) is 5.83. The first-order valence-electron chi connectivity index (χ1n) is 9.21. The van der Waals surface area contributed by atoms with Crippen molar-refractivity contribution >= 4 is 23.5 Å². The zero-order valence-electron chi connectivity index (χ0n) is 16.0. The Morgan fingerprint density at radius 3 is 2.46 bits per heavy atom. The fourth-order valence-electron chi connectivity index (χ4n) is 2.91. The number of benzene rings is 1. The standard InChI is InChI=1S/C20H29NO4S/c1-4-5-18(22)25-14-15-26-17-8-6-16(7-9-17)19(23)20(2,3)21-10-12-24-13-11-21/h6-9H,4-5,10-15H2,1-3H3. The van der Waals surface area contributed by atoms with Gasteiger partial charge < -0.3 is 9.47 Å². The van der Waals surface area contributed by atoms with E-state index in [0.29, 0.717) is 32.0 Å². The Kier molecular flexibility index (Phi) is 8.13. The van der Waals surface area contributed by atoms with E-state index in [0.717, 1.165) is 30.0 Å². The molecule has 26 heavy (non-hydrogen) atoms. The third-order valence-corrected chi connectivity index (χ3v) is 5.52. The highest BCUT2D eigenvalue weighted by molar-refractivity contribution is 7.99. The number of nitrogens with zero attached hydrogens (tertiary/aromatic N) is 1. The number of ketones is 1. The van der Waals surface area contributed by atoms with E-state index in [1.165, 1.54) is 0 Å². The summed E-state index contributed by atoms with van der Waals surface area (Å²) in [6.45, 7) is 9.24. The van der Waals surface area contributed by atoms with Crippen molar-refractivity contribution in [2.24, 2.45) is 0 Å². The second kappa shape index (κ2) is 10.1. The van der Waals surface area contributed by atoms with Crippen molar-refractivity contribution in [1.82, 2.24) is 4.90 Å². The van der Waals surface area contributed by atoms with Crippen LogP contribution >= 0.6 is 11.8 Å². The summed E-state index contributed by atoms with van der Waals surface area (Å²) in [5, 5.41) is 0. The molecule has 144 valence electrons. The summed E-state index contributed by atoms with van der Waals surface area (Å²) in [5.41, 5.74) is 0.187. The van der Waals surface area contributed by atoms with Gasteiger partial charge in [0.25, 0.3) is 0 Å². The number of carbonyl (C=O) groups is 2. The Morgan fingerprint density at radius 1 is 1.19 bits per heavy atom. The number of rotatable bonds is 9. The monoisotopic (exact) mass is 379 g/mol. The number of ether oxygens (including phenoxy) is 2. The second-order valence-electron chi connectivity index (χ2n) is 6.83. The van der Waals surface area contributed by atoms with Gasteiger partial charge in [0.15, 0.2) is 5.78 Å². The molecular formula is C20H29NO4S. The van der Waals surface area contributed by atoms with Crippen LogP contribution in [0.3, 0.4) is 0 Å². The van der Waals surface area contributed by atoms with Crippen molar-refractivity contribution in [2.75, 3.05) is 38.7 Å². The van der Waals surface area contributed by atoms with Gasteiger partial charge in [0, 0.05) is 35.7 Å². The van der Waals surface area contributed by atoms with Crippen molar-refractivity contribution in [3.8, 4) is 0 Å². The summed E-state index contributed by atoms with van der Waals surface area (Å²) in [4.78, 5) is 27.5. The van der Waals surface area contributed by atoms with E-state index in [1.54, 1.807) is 11.8 Å². The molecule has 6 heteroatoms. The molecule has 0 spiro atoms. The molecule has 0 radical (unpaired) electrons. The highest BCUT2D eigenvalue weighted by Crippen LogP contribution is 2.24. The Balaban J connectivity index is 1.85. The Labute approximate surface area is 160 Å². The molecule has 1 heterocycles. The molecule has 0 bridgehead atoms. The van der Waals surface area contributed by atoms with Crippen LogP contribution < -0.4 is 0 Å². The maximum absolute atomic E-state index is 12.9. The number of morpholine rings is 1. The lowest BCUT2D eigenvalue weighted by Gasteiger charge is -2.39. The minimum Gasteiger partial charge on any atom is -0.465 e. The molecule has 2 rings (SSSR count). The number of hydrogen-bond acceptors (Lipinski definition) is 6. The molecule has 1 aliphatic heterocycles. The molecule has 1 aromatic carbocycles. The third-order valence-electron chi connectivity index (χ3n) is 4.54. The van der Waals surface area contributed by atoms with Crippen molar-refractivity contribution in [1.29, 1.82) is 0 Å². The van der Waals surface area contributed by atoms with E-state index in [9.17, 15) is 9.59 Å². The molecule has 5 nitrogen and oxygen atoms in total. The maximum atomic E-state index is 12.9. The van der Waals surface area contributed by atoms with Crippen LogP contribution in [-0.2, 0) is 14.3 Å². The van der Waals surface area contributed by atoms with Gasteiger partial charge in [0.05, 0.1) is 18.8 Å². The summed E-state index contributed by atoms with van der Waals surface area (Å²) in [7, 11) is 0. The van der Waals surface area contributed by atoms with E-state index in [-0.39, 0.29) is 11.8 Å². The van der Waals surface area contributed by atoms with Crippen LogP contribution in [0.2, 0.25) is 0 Å². The Hall–Kier alpha value is -1.37. The maximum Gasteiger partial charge on any atom is 0.305 e. The van der Waals surface area contributed by atoms with Crippen molar-refractivity contribution in [3.05, 3.63) is 29.8 Å². The highest BCUT2D eigenvalue weighted by atomic mass is 32.2. The van der Waals surface area contributed by atoms with Gasteiger partial charge in [-0.15, -0.1) is 11.8 Å². The lowest BCUT2D eigenvalue weighted by molar-refractivity contribution is -0.143. The second-order valence-corrected chi connectivity index (χ2v) is 8.00. The van der Waals surface area contributed by atoms with Crippen LogP contribution in [0.4, 0.5) is 0 Å². The average molecular weight is 380 g/mol. The van der Waals surface area contributed by atoms with Gasteiger partial charge in [-0.3, -0.25) is 14.5 Å². The summed E-state index contributed by atoms with van der Waals surface area (Å²) >= 11 is 1.62. The number of Topliss-reactive ketones (excluding diaryl/α,β-unsaturated/α-hetero) is 1. The largest absolute Gasteiger partial charge is 0.465 e. The van der Waals surface area contributed by atoms with Gasteiger partial charge in [-0.2, -0.15) is 0 Å². The topological polar surface area (TPSA) is 55.8 Å². The highest BCUT2D eigenvalue weighted by Gasteiger charge is 2.35. The summed E-state index contributed by atoms with van der Waals surface area (Å²) in [6, 6.07) is 7.69. The van der Waals surface area contributed by atoms with Crippen molar-refractivity contribution in [2.45, 2.75) is 44.0 Å². The molecule has 1 aliphatic rings. The van der Waals surface area contributed by atoms with Gasteiger partial charge in [-0.25, -0.2) is 0 Å². The van der Waals surface area contributed by atoms with Gasteiger partial charge >= 0.3 is 5.97 Å². The van der Waals surface area contributed by atoms with E-state index >= 15 is 0 Å². The van der Waals surface area contributed by atoms with Crippen LogP contribution in [0.1, 0.15) is 44.0 Å². The van der Waals surface area contributed by atoms with Crippen LogP contribution in [0, 0.1) is 0 Å². The normalized spacial score (nSPS) is 15.7. The van der Waals surface area contributed by atoms with Crippen molar-refractivity contribution < 1.29 is 19.1 Å². The first-order valence-corrected chi connectivity index (χ1v) is 10.2. The minimum absolute atomic E-state index is 0.129. The molecule has 0 N–H and O–H groups in total. The average Bonchev–Trinajstić information content (AvgIpc) is 2.66. The fourth-order valence-corrected chi connectivity index (χ4v) is 3.64. The summed E-state index contributed by atoms with van der Waals surface area (Å²) in [6.07, 6.45) is 1.28. The van der Waals surface area contributed by atoms with Gasteiger partial charge in [-0.1, -0.05) is 19.1 Å². The first kappa shape index (κ1) is 20.9. The Bertz CT molecular complexity index is 594. The van der Waals surface area contributed by atoms with Gasteiger partial charge in [0.1, 0.15) is 6.61 Å². The number of carbonyl (C=O) groups excluding carboxylic acids is 2. The van der Waals surface area contributed by atoms with E-state index in [2.05, 4.69) is 4.90 Å². The molecule has 0 aromatic heterocycles. The molecule has 1 aromatic rings. The summed E-state index contributed by atoms with van der Waals surface area (Å²) in [5.74, 6) is 0.700. The quantitative estimate of drug-likeness (QED) is 0.284. The predicted molar refractivity (Wildman–Crippen MR) is 104 cm³/mol. The molecule has 0 unspecified atom stereocenters. The minimum atomic E-state index is -0.536. The Morgan fingerprint density at radius 2 is 1.85 bits per heavy atom. The lowest BCUT2D eigenvalue weighted by Crippen LogP contribution is -2.54. The van der Waals surface area contributed by atoms with E-state index in [1.807, 2.05) is 45.0 Å². The van der Waals surface area contributed by atoms with E-state index < -0.39 is 5.54 Å². The smallest absolute Gasteiger partial charge is 0.305 e. The molecular weight excluding hydrogens is 350 g/mol. The molecule has 0 aliphatic carbocycles. The number of hydrogen-bond donors (Lipinski definition) is 0. The van der Waals surface area contributed by atoms with E-state index in [4.69, 9.17) is 9.47 Å². The van der Waals surface area contributed by atoms with Crippen LogP contribution in [0.5, 0.6) is 0 Å². The zero-order valence-corrected chi connectivity index (χ0v) is 16.8. The van der Waals surface area contributed by atoms with Crippen LogP contribution in [-0.4, -0.2) is 60.9 Å². The zero-order chi connectivity index (χ0) is 19.0. The van der Waals surface area contributed by atoms with Crippen LogP contribution in [0.15, 0.2) is 29.2 Å². The predicted octanol–water partition coefficient (Wildman–Crippen LogP) is 3.42. The van der Waals surface area contributed by atoms with Crippen molar-refractivity contribution in [3.63, 3.8) is 0 Å².